The predicted octanol–water partition coefficient (Wildman–Crippen LogP) is 5.08. The fourth-order valence-electron chi connectivity index (χ4n) is 2.94. The lowest BCUT2D eigenvalue weighted by Gasteiger charge is -2.24. The van der Waals surface area contributed by atoms with Crippen LogP contribution in [0.5, 0.6) is 0 Å². The normalized spacial score (nSPS) is 29.5. The molecule has 0 spiro atoms. The summed E-state index contributed by atoms with van der Waals surface area (Å²) in [5, 5.41) is -0.564. The zero-order valence-electron chi connectivity index (χ0n) is 13.3. The molecule has 3 rings (SSSR count). The van der Waals surface area contributed by atoms with Crippen LogP contribution in [0.1, 0.15) is 24.2 Å². The Bertz CT molecular complexity index is 695. The molecule has 0 aromatic heterocycles. The molecule has 1 aliphatic rings. The maximum absolute atomic E-state index is 13.4. The van der Waals surface area contributed by atoms with Crippen molar-refractivity contribution in [2.45, 2.75) is 30.6 Å². The standard InChI is InChI=1S/C18H21ClNO2P/c1-14-18(16-11-7-4-8-12-16)22-23(21,20(14)2)17(19)13-15-9-5-3-6-10-15/h3-12,14,17-18H,13H2,1-2H3/t14-,17+,18-,23+/m0/s1. The van der Waals surface area contributed by atoms with Gasteiger partial charge in [-0.25, -0.2) is 4.67 Å². The molecule has 0 N–H and O–H groups in total. The van der Waals surface area contributed by atoms with Crippen molar-refractivity contribution in [3.05, 3.63) is 71.8 Å². The number of hydrogen-bond donors (Lipinski definition) is 0. The second-order valence-electron chi connectivity index (χ2n) is 5.94. The van der Waals surface area contributed by atoms with E-state index in [4.69, 9.17) is 16.1 Å². The molecular formula is C18H21ClNO2P. The first-order chi connectivity index (χ1) is 11.0. The van der Waals surface area contributed by atoms with Gasteiger partial charge in [0.2, 0.25) is 0 Å². The van der Waals surface area contributed by atoms with Crippen LogP contribution in [0.25, 0.3) is 0 Å². The Labute approximate surface area is 142 Å². The molecular weight excluding hydrogens is 329 g/mol. The summed E-state index contributed by atoms with van der Waals surface area (Å²) in [7, 11) is -1.25. The largest absolute Gasteiger partial charge is 0.307 e. The summed E-state index contributed by atoms with van der Waals surface area (Å²) in [5.41, 5.74) is 2.10. The number of hydrogen-bond acceptors (Lipinski definition) is 2. The van der Waals surface area contributed by atoms with Crippen LogP contribution in [0.15, 0.2) is 60.7 Å². The zero-order valence-corrected chi connectivity index (χ0v) is 15.0. The molecule has 0 unspecified atom stereocenters. The molecule has 1 saturated heterocycles. The summed E-state index contributed by atoms with van der Waals surface area (Å²) in [6, 6.07) is 19.8. The second-order valence-corrected chi connectivity index (χ2v) is 9.36. The van der Waals surface area contributed by atoms with Crippen LogP contribution in [-0.4, -0.2) is 22.9 Å². The third-order valence-electron chi connectivity index (χ3n) is 4.46. The van der Waals surface area contributed by atoms with Gasteiger partial charge in [-0.05, 0) is 31.5 Å². The molecule has 0 bridgehead atoms. The van der Waals surface area contributed by atoms with Gasteiger partial charge in [0, 0.05) is 6.04 Å². The van der Waals surface area contributed by atoms with Gasteiger partial charge in [-0.3, -0.25) is 4.57 Å². The molecule has 3 nitrogen and oxygen atoms in total. The van der Waals surface area contributed by atoms with Gasteiger partial charge in [0.15, 0.2) is 0 Å². The molecule has 0 radical (unpaired) electrons. The highest BCUT2D eigenvalue weighted by molar-refractivity contribution is 7.59. The summed E-state index contributed by atoms with van der Waals surface area (Å²) in [6.45, 7) is 2.03. The van der Waals surface area contributed by atoms with Crippen LogP contribution in [0.4, 0.5) is 0 Å². The first kappa shape index (κ1) is 16.7. The third-order valence-corrected chi connectivity index (χ3v) is 8.02. The van der Waals surface area contributed by atoms with E-state index in [1.807, 2.05) is 79.3 Å². The SMILES string of the molecule is C[C@H]1[C@@H](c2ccccc2)O[P@](=O)([C@@H](Cl)Cc2ccccc2)N1C. The van der Waals surface area contributed by atoms with Crippen molar-refractivity contribution < 1.29 is 9.09 Å². The Kier molecular flexibility index (Phi) is 4.93. The van der Waals surface area contributed by atoms with E-state index >= 15 is 0 Å². The van der Waals surface area contributed by atoms with Gasteiger partial charge in [0.1, 0.15) is 11.2 Å². The highest BCUT2D eigenvalue weighted by atomic mass is 35.5. The van der Waals surface area contributed by atoms with Gasteiger partial charge < -0.3 is 4.52 Å². The lowest BCUT2D eigenvalue weighted by atomic mass is 10.0. The average Bonchev–Trinajstić information content (AvgIpc) is 2.82. The number of alkyl halides is 1. The van der Waals surface area contributed by atoms with Crippen LogP contribution in [0.2, 0.25) is 0 Å². The minimum atomic E-state index is -3.10. The lowest BCUT2D eigenvalue weighted by molar-refractivity contribution is 0.210. The van der Waals surface area contributed by atoms with Gasteiger partial charge in [0.25, 0.3) is 7.52 Å². The number of benzene rings is 2. The van der Waals surface area contributed by atoms with Crippen molar-refractivity contribution in [3.63, 3.8) is 0 Å². The van der Waals surface area contributed by atoms with E-state index in [2.05, 4.69) is 0 Å². The van der Waals surface area contributed by atoms with E-state index < -0.39 is 12.6 Å². The van der Waals surface area contributed by atoms with Gasteiger partial charge in [-0.15, -0.1) is 11.6 Å². The van der Waals surface area contributed by atoms with Gasteiger partial charge in [-0.1, -0.05) is 60.7 Å². The molecule has 2 aromatic carbocycles. The van der Waals surface area contributed by atoms with Gasteiger partial charge in [-0.2, -0.15) is 0 Å². The second kappa shape index (κ2) is 6.78. The molecule has 122 valence electrons. The molecule has 0 saturated carbocycles. The molecule has 1 heterocycles. The van der Waals surface area contributed by atoms with Crippen LogP contribution >= 0.6 is 19.1 Å². The Balaban J connectivity index is 1.82. The lowest BCUT2D eigenvalue weighted by Crippen LogP contribution is -2.25. The number of halogens is 1. The van der Waals surface area contributed by atoms with E-state index in [1.54, 1.807) is 0 Å². The van der Waals surface area contributed by atoms with Crippen molar-refractivity contribution in [2.75, 3.05) is 7.05 Å². The fraction of sp³-hybridized carbons (Fsp3) is 0.333. The van der Waals surface area contributed by atoms with Crippen molar-refractivity contribution >= 4 is 19.1 Å². The molecule has 2 aromatic rings. The molecule has 0 aliphatic carbocycles. The Morgan fingerprint density at radius 3 is 2.30 bits per heavy atom. The van der Waals surface area contributed by atoms with Crippen molar-refractivity contribution in [1.29, 1.82) is 0 Å². The number of likely N-dealkylation sites (N-methyl/N-ethyl adjacent to an activating group) is 1. The average molecular weight is 350 g/mol. The van der Waals surface area contributed by atoms with Crippen LogP contribution in [0, 0.1) is 0 Å². The van der Waals surface area contributed by atoms with Crippen LogP contribution in [0.3, 0.4) is 0 Å². The van der Waals surface area contributed by atoms with E-state index in [1.165, 1.54) is 0 Å². The minimum Gasteiger partial charge on any atom is -0.307 e. The Morgan fingerprint density at radius 1 is 1.13 bits per heavy atom. The van der Waals surface area contributed by atoms with E-state index in [0.29, 0.717) is 6.42 Å². The summed E-state index contributed by atoms with van der Waals surface area (Å²) in [5.74, 6) is 0. The molecule has 5 heteroatoms. The summed E-state index contributed by atoms with van der Waals surface area (Å²) in [6.07, 6.45) is 0.308. The molecule has 23 heavy (non-hydrogen) atoms. The number of rotatable bonds is 4. The minimum absolute atomic E-state index is 0.0141. The summed E-state index contributed by atoms with van der Waals surface area (Å²) in [4.78, 5) is 0. The highest BCUT2D eigenvalue weighted by Gasteiger charge is 2.50. The fourth-order valence-corrected chi connectivity index (χ4v) is 6.04. The van der Waals surface area contributed by atoms with E-state index in [9.17, 15) is 4.57 Å². The maximum atomic E-state index is 13.4. The molecule has 0 amide bonds. The predicted molar refractivity (Wildman–Crippen MR) is 94.9 cm³/mol. The van der Waals surface area contributed by atoms with E-state index in [-0.39, 0.29) is 12.1 Å². The first-order valence-corrected chi connectivity index (χ1v) is 9.85. The highest BCUT2D eigenvalue weighted by Crippen LogP contribution is 2.66. The first-order valence-electron chi connectivity index (χ1n) is 7.77. The van der Waals surface area contributed by atoms with Gasteiger partial charge >= 0.3 is 0 Å². The third kappa shape index (κ3) is 3.25. The Hall–Kier alpha value is -1.12. The summed E-state index contributed by atoms with van der Waals surface area (Å²) >= 11 is 6.55. The van der Waals surface area contributed by atoms with Crippen molar-refractivity contribution in [3.8, 4) is 0 Å². The number of nitrogens with zero attached hydrogens (tertiary/aromatic N) is 1. The molecule has 1 fully saturated rings. The maximum Gasteiger partial charge on any atom is 0.291 e. The topological polar surface area (TPSA) is 29.5 Å². The smallest absolute Gasteiger partial charge is 0.291 e. The summed E-state index contributed by atoms with van der Waals surface area (Å²) < 4.78 is 21.3. The quantitative estimate of drug-likeness (QED) is 0.569. The zero-order chi connectivity index (χ0) is 16.4. The van der Waals surface area contributed by atoms with Gasteiger partial charge in [0.05, 0.1) is 0 Å². The van der Waals surface area contributed by atoms with Crippen molar-refractivity contribution in [1.82, 2.24) is 4.67 Å². The molecule has 4 atom stereocenters. The monoisotopic (exact) mass is 349 g/mol. The van der Waals surface area contributed by atoms with E-state index in [0.717, 1.165) is 11.1 Å². The Morgan fingerprint density at radius 2 is 1.70 bits per heavy atom. The van der Waals surface area contributed by atoms with Crippen LogP contribution in [-0.2, 0) is 15.5 Å². The molecule has 1 aliphatic heterocycles. The van der Waals surface area contributed by atoms with Crippen LogP contribution < -0.4 is 0 Å². The van der Waals surface area contributed by atoms with Crippen molar-refractivity contribution in [2.24, 2.45) is 0 Å².